The summed E-state index contributed by atoms with van der Waals surface area (Å²) in [5.74, 6) is 1.89. The highest BCUT2D eigenvalue weighted by Gasteiger charge is 2.03. The minimum absolute atomic E-state index is 0.427. The summed E-state index contributed by atoms with van der Waals surface area (Å²) < 4.78 is 19.5. The molecule has 1 atom stereocenters. The van der Waals surface area contributed by atoms with Crippen molar-refractivity contribution in [1.29, 1.82) is 0 Å². The van der Waals surface area contributed by atoms with Crippen LogP contribution >= 0.6 is 0 Å². The Bertz CT molecular complexity index is 322. The molecule has 1 aromatic carbocycles. The predicted molar refractivity (Wildman–Crippen MR) is 64.5 cm³/mol. The summed E-state index contributed by atoms with van der Waals surface area (Å²) in [4.78, 5) is 0. The standard InChI is InChI=1S/C11H17NO2S/c1-9(2)8-15(13)12-10-4-6-11(14-3)7-5-10/h4-7,9,12H,8H2,1-3H3. The van der Waals surface area contributed by atoms with E-state index in [2.05, 4.69) is 4.72 Å². The average Bonchev–Trinajstić information content (AvgIpc) is 2.17. The van der Waals surface area contributed by atoms with E-state index in [0.29, 0.717) is 11.7 Å². The second-order valence-electron chi connectivity index (χ2n) is 3.74. The quantitative estimate of drug-likeness (QED) is 0.839. The van der Waals surface area contributed by atoms with Gasteiger partial charge in [0.2, 0.25) is 0 Å². The second-order valence-corrected chi connectivity index (χ2v) is 4.97. The topological polar surface area (TPSA) is 38.3 Å². The third-order valence-electron chi connectivity index (χ3n) is 1.81. The fourth-order valence-electron chi connectivity index (χ4n) is 1.13. The number of rotatable bonds is 5. The predicted octanol–water partition coefficient (Wildman–Crippen LogP) is 2.43. The third-order valence-corrected chi connectivity index (χ3v) is 3.24. The van der Waals surface area contributed by atoms with Gasteiger partial charge in [0.15, 0.2) is 0 Å². The largest absolute Gasteiger partial charge is 0.497 e. The zero-order valence-electron chi connectivity index (χ0n) is 9.32. The summed E-state index contributed by atoms with van der Waals surface area (Å²) >= 11 is 0. The lowest BCUT2D eigenvalue weighted by Gasteiger charge is -2.08. The van der Waals surface area contributed by atoms with Crippen molar-refractivity contribution in [2.24, 2.45) is 5.92 Å². The maximum absolute atomic E-state index is 11.5. The zero-order chi connectivity index (χ0) is 11.3. The summed E-state index contributed by atoms with van der Waals surface area (Å²) in [5.41, 5.74) is 0.856. The smallest absolute Gasteiger partial charge is 0.119 e. The maximum atomic E-state index is 11.5. The fraction of sp³-hybridized carbons (Fsp3) is 0.455. The molecule has 1 rings (SSSR count). The van der Waals surface area contributed by atoms with Gasteiger partial charge in [-0.25, -0.2) is 4.21 Å². The molecule has 0 amide bonds. The molecule has 0 spiro atoms. The van der Waals surface area contributed by atoms with Gasteiger partial charge in [-0.2, -0.15) is 0 Å². The lowest BCUT2D eigenvalue weighted by Crippen LogP contribution is -2.12. The Hall–Kier alpha value is -1.03. The van der Waals surface area contributed by atoms with E-state index < -0.39 is 11.0 Å². The van der Waals surface area contributed by atoms with E-state index in [9.17, 15) is 4.21 Å². The molecule has 84 valence electrons. The second kappa shape index (κ2) is 5.75. The minimum Gasteiger partial charge on any atom is -0.497 e. The van der Waals surface area contributed by atoms with Crippen LogP contribution in [0.3, 0.4) is 0 Å². The lowest BCUT2D eigenvalue weighted by molar-refractivity contribution is 0.415. The van der Waals surface area contributed by atoms with Crippen LogP contribution < -0.4 is 9.46 Å². The van der Waals surface area contributed by atoms with E-state index in [-0.39, 0.29) is 0 Å². The molecule has 4 heteroatoms. The van der Waals surface area contributed by atoms with Crippen LogP contribution in [0.1, 0.15) is 13.8 Å². The molecular weight excluding hydrogens is 210 g/mol. The molecule has 1 aromatic rings. The molecule has 0 heterocycles. The minimum atomic E-state index is -1.00. The number of hydrogen-bond acceptors (Lipinski definition) is 2. The monoisotopic (exact) mass is 227 g/mol. The highest BCUT2D eigenvalue weighted by atomic mass is 32.2. The van der Waals surface area contributed by atoms with E-state index in [1.807, 2.05) is 38.1 Å². The van der Waals surface area contributed by atoms with Crippen molar-refractivity contribution in [3.8, 4) is 5.75 Å². The molecular formula is C11H17NO2S. The maximum Gasteiger partial charge on any atom is 0.119 e. The number of benzene rings is 1. The van der Waals surface area contributed by atoms with E-state index in [1.165, 1.54) is 0 Å². The zero-order valence-corrected chi connectivity index (χ0v) is 10.1. The van der Waals surface area contributed by atoms with E-state index in [4.69, 9.17) is 4.74 Å². The van der Waals surface area contributed by atoms with Crippen LogP contribution in [0, 0.1) is 5.92 Å². The van der Waals surface area contributed by atoms with Gasteiger partial charge < -0.3 is 9.46 Å². The molecule has 0 aliphatic heterocycles. The number of ether oxygens (including phenoxy) is 1. The number of hydrogen-bond donors (Lipinski definition) is 1. The molecule has 1 unspecified atom stereocenters. The van der Waals surface area contributed by atoms with Crippen molar-refractivity contribution < 1.29 is 8.95 Å². The Morgan fingerprint density at radius 2 is 1.93 bits per heavy atom. The van der Waals surface area contributed by atoms with Crippen molar-refractivity contribution in [1.82, 2.24) is 0 Å². The molecule has 3 nitrogen and oxygen atoms in total. The summed E-state index contributed by atoms with van der Waals surface area (Å²) in [6.45, 7) is 4.10. The van der Waals surface area contributed by atoms with Crippen LogP contribution in [0.25, 0.3) is 0 Å². The summed E-state index contributed by atoms with van der Waals surface area (Å²) in [7, 11) is 0.624. The lowest BCUT2D eigenvalue weighted by atomic mass is 10.3. The van der Waals surface area contributed by atoms with Gasteiger partial charge >= 0.3 is 0 Å². The highest BCUT2D eigenvalue weighted by Crippen LogP contribution is 2.15. The Morgan fingerprint density at radius 3 is 2.40 bits per heavy atom. The van der Waals surface area contributed by atoms with Crippen molar-refractivity contribution in [2.75, 3.05) is 17.6 Å². The molecule has 0 aromatic heterocycles. The number of methoxy groups -OCH3 is 1. The first-order valence-corrected chi connectivity index (χ1v) is 6.23. The van der Waals surface area contributed by atoms with Gasteiger partial charge in [-0.1, -0.05) is 13.8 Å². The fourth-order valence-corrected chi connectivity index (χ4v) is 2.22. The summed E-state index contributed by atoms with van der Waals surface area (Å²) in [5, 5.41) is 0. The molecule has 0 aliphatic carbocycles. The summed E-state index contributed by atoms with van der Waals surface area (Å²) in [6, 6.07) is 7.40. The number of anilines is 1. The normalized spacial score (nSPS) is 12.5. The van der Waals surface area contributed by atoms with E-state index >= 15 is 0 Å². The SMILES string of the molecule is COc1ccc(NS(=O)CC(C)C)cc1. The molecule has 0 saturated heterocycles. The Morgan fingerprint density at radius 1 is 1.33 bits per heavy atom. The van der Waals surface area contributed by atoms with Crippen molar-refractivity contribution in [3.05, 3.63) is 24.3 Å². The van der Waals surface area contributed by atoms with E-state index in [1.54, 1.807) is 7.11 Å². The first-order chi connectivity index (χ1) is 7.11. The van der Waals surface area contributed by atoms with Gasteiger partial charge in [0.05, 0.1) is 7.11 Å². The van der Waals surface area contributed by atoms with Gasteiger partial charge in [-0.15, -0.1) is 0 Å². The van der Waals surface area contributed by atoms with Crippen LogP contribution in [0.15, 0.2) is 24.3 Å². The van der Waals surface area contributed by atoms with Crippen LogP contribution in [0.5, 0.6) is 5.75 Å². The van der Waals surface area contributed by atoms with E-state index in [0.717, 1.165) is 11.4 Å². The summed E-state index contributed by atoms with van der Waals surface area (Å²) in [6.07, 6.45) is 0. The highest BCUT2D eigenvalue weighted by molar-refractivity contribution is 7.86. The molecule has 0 bridgehead atoms. The van der Waals surface area contributed by atoms with Gasteiger partial charge in [-0.05, 0) is 30.2 Å². The van der Waals surface area contributed by atoms with Gasteiger partial charge in [0.1, 0.15) is 16.7 Å². The Balaban J connectivity index is 2.53. The van der Waals surface area contributed by atoms with Crippen LogP contribution in [0.4, 0.5) is 5.69 Å². The van der Waals surface area contributed by atoms with Crippen molar-refractivity contribution in [3.63, 3.8) is 0 Å². The van der Waals surface area contributed by atoms with Crippen LogP contribution in [-0.2, 0) is 11.0 Å². The molecule has 0 radical (unpaired) electrons. The first-order valence-electron chi connectivity index (χ1n) is 4.91. The molecule has 0 aliphatic rings. The Labute approximate surface area is 93.4 Å². The molecule has 1 N–H and O–H groups in total. The van der Waals surface area contributed by atoms with Gasteiger partial charge in [0, 0.05) is 11.4 Å². The van der Waals surface area contributed by atoms with Gasteiger partial charge in [0.25, 0.3) is 0 Å². The van der Waals surface area contributed by atoms with Gasteiger partial charge in [-0.3, -0.25) is 0 Å². The molecule has 15 heavy (non-hydrogen) atoms. The van der Waals surface area contributed by atoms with Crippen molar-refractivity contribution >= 4 is 16.7 Å². The molecule has 0 fully saturated rings. The van der Waals surface area contributed by atoms with Crippen LogP contribution in [0.2, 0.25) is 0 Å². The first kappa shape index (κ1) is 12.0. The molecule has 0 saturated carbocycles. The van der Waals surface area contributed by atoms with Crippen molar-refractivity contribution in [2.45, 2.75) is 13.8 Å². The van der Waals surface area contributed by atoms with Crippen LogP contribution in [-0.4, -0.2) is 17.1 Å². The average molecular weight is 227 g/mol. The third kappa shape index (κ3) is 4.34. The Kier molecular flexibility index (Phi) is 4.62. The number of nitrogens with one attached hydrogen (secondary N) is 1.